The molecule has 5 rings (SSSR count). The fraction of sp³-hybridized carbons (Fsp3) is 0.480. The lowest BCUT2D eigenvalue weighted by molar-refractivity contribution is 0.122. The number of likely N-dealkylation sites (N-methyl/N-ethyl adjacent to an activating group) is 1. The Labute approximate surface area is 206 Å². The number of aromatic hydroxyl groups is 1. The highest BCUT2D eigenvalue weighted by Crippen LogP contribution is 2.29. The van der Waals surface area contributed by atoms with Gasteiger partial charge in [0.15, 0.2) is 11.6 Å². The van der Waals surface area contributed by atoms with Crippen molar-refractivity contribution in [2.24, 2.45) is 0 Å². The maximum absolute atomic E-state index is 9.95. The summed E-state index contributed by atoms with van der Waals surface area (Å²) in [5, 5.41) is 23.9. The Morgan fingerprint density at radius 2 is 1.63 bits per heavy atom. The van der Waals surface area contributed by atoms with E-state index in [4.69, 9.17) is 29.9 Å². The lowest BCUT2D eigenvalue weighted by Gasteiger charge is -2.32. The quantitative estimate of drug-likeness (QED) is 0.498. The lowest BCUT2D eigenvalue weighted by Crippen LogP contribution is -2.43. The first-order valence-electron chi connectivity index (χ1n) is 11.7. The molecule has 0 spiro atoms. The van der Waals surface area contributed by atoms with E-state index in [1.807, 2.05) is 18.3 Å². The number of anilines is 1. The minimum absolute atomic E-state index is 0.205. The number of rotatable bonds is 4. The van der Waals surface area contributed by atoms with Crippen molar-refractivity contribution in [3.05, 3.63) is 42.1 Å². The number of nitrogens with zero attached hydrogens (tertiary/aromatic N) is 6. The van der Waals surface area contributed by atoms with E-state index >= 15 is 0 Å². The van der Waals surface area contributed by atoms with E-state index in [0.717, 1.165) is 88.0 Å². The van der Waals surface area contributed by atoms with Gasteiger partial charge in [0.1, 0.15) is 11.3 Å². The van der Waals surface area contributed by atoms with Crippen molar-refractivity contribution in [3.63, 3.8) is 0 Å². The molecule has 4 heterocycles. The van der Waals surface area contributed by atoms with Gasteiger partial charge in [-0.05, 0) is 30.8 Å². The van der Waals surface area contributed by atoms with Crippen LogP contribution in [0.5, 0.6) is 5.75 Å². The van der Waals surface area contributed by atoms with Crippen LogP contribution in [0.3, 0.4) is 0 Å². The number of aromatic nitrogens is 3. The highest BCUT2D eigenvalue weighted by atomic mass is 16.5. The van der Waals surface area contributed by atoms with Crippen molar-refractivity contribution in [3.8, 4) is 17.1 Å². The molecule has 1 aromatic carbocycles. The van der Waals surface area contributed by atoms with Crippen molar-refractivity contribution >= 4 is 16.9 Å². The van der Waals surface area contributed by atoms with Gasteiger partial charge in [-0.1, -0.05) is 12.1 Å². The zero-order valence-corrected chi connectivity index (χ0v) is 20.8. The van der Waals surface area contributed by atoms with Crippen LogP contribution in [-0.2, 0) is 11.3 Å². The molecule has 190 valence electrons. The van der Waals surface area contributed by atoms with Crippen LogP contribution in [0.1, 0.15) is 5.56 Å². The SMILES string of the molecule is CN1CCN(Cc2cnc3c(N4CCOCC4)nc(-c4cccc(O)c4)nc3c2)CC1.CO.CO. The first-order valence-corrected chi connectivity index (χ1v) is 11.7. The second-order valence-corrected chi connectivity index (χ2v) is 8.31. The summed E-state index contributed by atoms with van der Waals surface area (Å²) in [4.78, 5) is 21.5. The number of fused-ring (bicyclic) bond motifs is 1. The highest BCUT2D eigenvalue weighted by Gasteiger charge is 2.20. The zero-order chi connectivity index (χ0) is 25.2. The Morgan fingerprint density at radius 1 is 0.914 bits per heavy atom. The van der Waals surface area contributed by atoms with Gasteiger partial charge in [-0.2, -0.15) is 0 Å². The van der Waals surface area contributed by atoms with Crippen LogP contribution >= 0.6 is 0 Å². The molecule has 2 aliphatic rings. The number of phenolic OH excluding ortho intramolecular Hbond substituents is 1. The van der Waals surface area contributed by atoms with Crippen LogP contribution in [0.25, 0.3) is 22.4 Å². The molecule has 0 amide bonds. The Bertz CT molecular complexity index is 1070. The normalized spacial score (nSPS) is 16.8. The van der Waals surface area contributed by atoms with Gasteiger partial charge < -0.3 is 29.9 Å². The molecule has 2 fully saturated rings. The van der Waals surface area contributed by atoms with E-state index in [0.29, 0.717) is 19.0 Å². The van der Waals surface area contributed by atoms with Crippen LogP contribution in [0.4, 0.5) is 5.82 Å². The molecule has 0 atom stereocenters. The number of phenols is 1. The van der Waals surface area contributed by atoms with Crippen molar-refractivity contribution < 1.29 is 20.1 Å². The fourth-order valence-corrected chi connectivity index (χ4v) is 4.17. The van der Waals surface area contributed by atoms with E-state index < -0.39 is 0 Å². The average molecular weight is 485 g/mol. The number of hydrogen-bond donors (Lipinski definition) is 3. The molecular formula is C25H36N6O4. The summed E-state index contributed by atoms with van der Waals surface area (Å²) in [6.45, 7) is 8.07. The third kappa shape index (κ3) is 6.83. The summed E-state index contributed by atoms with van der Waals surface area (Å²) >= 11 is 0. The van der Waals surface area contributed by atoms with E-state index in [9.17, 15) is 5.11 Å². The second-order valence-electron chi connectivity index (χ2n) is 8.31. The van der Waals surface area contributed by atoms with Crippen molar-refractivity contribution in [2.45, 2.75) is 6.54 Å². The molecule has 3 aromatic rings. The van der Waals surface area contributed by atoms with Gasteiger partial charge in [0.05, 0.1) is 18.7 Å². The molecular weight excluding hydrogens is 448 g/mol. The predicted molar refractivity (Wildman–Crippen MR) is 137 cm³/mol. The number of benzene rings is 1. The third-order valence-electron chi connectivity index (χ3n) is 5.99. The van der Waals surface area contributed by atoms with Crippen LogP contribution in [0.2, 0.25) is 0 Å². The standard InChI is InChI=1S/C23H28N6O2.2CH4O/c1-27-5-7-28(8-6-27)16-17-13-20-21(24-15-17)23(29-9-11-31-12-10-29)26-22(25-20)18-3-2-4-19(30)14-18;2*1-2/h2-4,13-15,30H,5-12,16H2,1H3;2*2H,1H3. The summed E-state index contributed by atoms with van der Waals surface area (Å²) in [5.41, 5.74) is 3.60. The monoisotopic (exact) mass is 484 g/mol. The van der Waals surface area contributed by atoms with Gasteiger partial charge in [-0.3, -0.25) is 9.88 Å². The summed E-state index contributed by atoms with van der Waals surface area (Å²) in [5.74, 6) is 1.64. The molecule has 0 unspecified atom stereocenters. The first-order chi connectivity index (χ1) is 17.2. The molecule has 3 N–H and O–H groups in total. The Kier molecular flexibility index (Phi) is 10.1. The van der Waals surface area contributed by atoms with Crippen molar-refractivity contribution in [1.29, 1.82) is 0 Å². The van der Waals surface area contributed by atoms with Gasteiger partial charge in [0.2, 0.25) is 0 Å². The Hall–Kier alpha value is -2.89. The van der Waals surface area contributed by atoms with Gasteiger partial charge in [-0.15, -0.1) is 0 Å². The average Bonchev–Trinajstić information content (AvgIpc) is 2.92. The molecule has 2 aliphatic heterocycles. The molecule has 0 bridgehead atoms. The molecule has 0 radical (unpaired) electrons. The van der Waals surface area contributed by atoms with Crippen LogP contribution < -0.4 is 4.90 Å². The highest BCUT2D eigenvalue weighted by molar-refractivity contribution is 5.88. The molecule has 0 aliphatic carbocycles. The van der Waals surface area contributed by atoms with Crippen molar-refractivity contribution in [1.82, 2.24) is 24.8 Å². The lowest BCUT2D eigenvalue weighted by atomic mass is 10.1. The maximum atomic E-state index is 9.95. The number of aliphatic hydroxyl groups is 2. The number of ether oxygens (including phenoxy) is 1. The molecule has 10 nitrogen and oxygen atoms in total. The van der Waals surface area contributed by atoms with Gasteiger partial charge in [0, 0.05) is 71.8 Å². The molecule has 10 heteroatoms. The first kappa shape index (κ1) is 26.7. The second kappa shape index (κ2) is 13.3. The van der Waals surface area contributed by atoms with E-state index in [-0.39, 0.29) is 5.75 Å². The summed E-state index contributed by atoms with van der Waals surface area (Å²) in [6, 6.07) is 9.23. The number of piperazine rings is 1. The number of pyridine rings is 1. The van der Waals surface area contributed by atoms with E-state index in [1.165, 1.54) is 0 Å². The van der Waals surface area contributed by atoms with Crippen LogP contribution in [0, 0.1) is 0 Å². The van der Waals surface area contributed by atoms with E-state index in [2.05, 4.69) is 27.8 Å². The van der Waals surface area contributed by atoms with Crippen LogP contribution in [0.15, 0.2) is 36.5 Å². The third-order valence-corrected chi connectivity index (χ3v) is 5.99. The summed E-state index contributed by atoms with van der Waals surface area (Å²) in [7, 11) is 4.17. The fourth-order valence-electron chi connectivity index (χ4n) is 4.17. The summed E-state index contributed by atoms with van der Waals surface area (Å²) in [6.07, 6.45) is 1.96. The predicted octanol–water partition coefficient (Wildman–Crippen LogP) is 1.20. The Morgan fingerprint density at radius 3 is 2.31 bits per heavy atom. The molecule has 2 saturated heterocycles. The van der Waals surface area contributed by atoms with Gasteiger partial charge in [0.25, 0.3) is 0 Å². The largest absolute Gasteiger partial charge is 0.508 e. The van der Waals surface area contributed by atoms with Crippen molar-refractivity contribution in [2.75, 3.05) is 78.6 Å². The zero-order valence-electron chi connectivity index (χ0n) is 20.8. The summed E-state index contributed by atoms with van der Waals surface area (Å²) < 4.78 is 5.53. The molecule has 0 saturated carbocycles. The minimum atomic E-state index is 0.205. The number of morpholine rings is 1. The maximum Gasteiger partial charge on any atom is 0.162 e. The van der Waals surface area contributed by atoms with Crippen LogP contribution in [-0.4, -0.2) is 114 Å². The van der Waals surface area contributed by atoms with Gasteiger partial charge >= 0.3 is 0 Å². The minimum Gasteiger partial charge on any atom is -0.508 e. The van der Waals surface area contributed by atoms with E-state index in [1.54, 1.807) is 12.1 Å². The number of aliphatic hydroxyl groups excluding tert-OH is 2. The topological polar surface area (TPSA) is 118 Å². The Balaban J connectivity index is 0.000000815. The number of hydrogen-bond acceptors (Lipinski definition) is 10. The molecule has 35 heavy (non-hydrogen) atoms. The molecule has 2 aromatic heterocycles. The smallest absolute Gasteiger partial charge is 0.162 e. The van der Waals surface area contributed by atoms with Gasteiger partial charge in [-0.25, -0.2) is 9.97 Å².